The summed E-state index contributed by atoms with van der Waals surface area (Å²) in [6, 6.07) is 1.16. The Hall–Kier alpha value is -0.570. The molecule has 3 heteroatoms. The van der Waals surface area contributed by atoms with Crippen molar-refractivity contribution in [2.45, 2.75) is 70.4 Å². The van der Waals surface area contributed by atoms with E-state index in [1.54, 1.807) is 0 Å². The van der Waals surface area contributed by atoms with E-state index >= 15 is 0 Å². The molecule has 2 aliphatic rings. The van der Waals surface area contributed by atoms with Crippen LogP contribution in [-0.2, 0) is 4.79 Å². The first-order valence-corrected chi connectivity index (χ1v) is 7.30. The molecule has 0 bridgehead atoms. The number of amides is 1. The van der Waals surface area contributed by atoms with Crippen LogP contribution in [0, 0.1) is 5.92 Å². The molecule has 3 nitrogen and oxygen atoms in total. The van der Waals surface area contributed by atoms with Crippen LogP contribution in [0.1, 0.15) is 58.3 Å². The molecule has 17 heavy (non-hydrogen) atoms. The van der Waals surface area contributed by atoms with E-state index in [4.69, 9.17) is 0 Å². The first-order valence-electron chi connectivity index (χ1n) is 7.30. The van der Waals surface area contributed by atoms with Gasteiger partial charge in [0.15, 0.2) is 0 Å². The highest BCUT2D eigenvalue weighted by atomic mass is 16.1. The third kappa shape index (κ3) is 4.66. The minimum Gasteiger partial charge on any atom is -0.353 e. The molecule has 0 saturated heterocycles. The Kier molecular flexibility index (Phi) is 4.84. The van der Waals surface area contributed by atoms with Gasteiger partial charge in [-0.1, -0.05) is 26.2 Å². The zero-order chi connectivity index (χ0) is 12.1. The Balaban J connectivity index is 1.55. The maximum atomic E-state index is 11.5. The van der Waals surface area contributed by atoms with Crippen molar-refractivity contribution < 1.29 is 4.79 Å². The fourth-order valence-electron chi connectivity index (χ4n) is 2.76. The van der Waals surface area contributed by atoms with Crippen molar-refractivity contribution in [1.82, 2.24) is 10.6 Å². The summed E-state index contributed by atoms with van der Waals surface area (Å²) in [6.45, 7) is 3.13. The number of hydrogen-bond acceptors (Lipinski definition) is 2. The van der Waals surface area contributed by atoms with Gasteiger partial charge in [-0.05, 0) is 31.6 Å². The SMILES string of the molecule is CCC1CCCC(NCCC(=O)NC2CC2)C1. The molecule has 98 valence electrons. The summed E-state index contributed by atoms with van der Waals surface area (Å²) in [5.41, 5.74) is 0. The first-order chi connectivity index (χ1) is 8.28. The molecule has 2 atom stereocenters. The smallest absolute Gasteiger partial charge is 0.221 e. The van der Waals surface area contributed by atoms with Gasteiger partial charge in [-0.3, -0.25) is 4.79 Å². The van der Waals surface area contributed by atoms with Crippen LogP contribution in [0.15, 0.2) is 0 Å². The predicted octanol–water partition coefficient (Wildman–Crippen LogP) is 2.21. The molecule has 0 radical (unpaired) electrons. The lowest BCUT2D eigenvalue weighted by molar-refractivity contribution is -0.121. The molecule has 2 saturated carbocycles. The number of nitrogens with one attached hydrogen (secondary N) is 2. The highest BCUT2D eigenvalue weighted by Crippen LogP contribution is 2.26. The third-order valence-corrected chi connectivity index (χ3v) is 4.09. The Labute approximate surface area is 105 Å². The van der Waals surface area contributed by atoms with E-state index in [9.17, 15) is 4.79 Å². The molecule has 2 fully saturated rings. The van der Waals surface area contributed by atoms with Crippen LogP contribution in [-0.4, -0.2) is 24.5 Å². The first kappa shape index (κ1) is 12.9. The van der Waals surface area contributed by atoms with Crippen molar-refractivity contribution in [2.24, 2.45) is 5.92 Å². The molecule has 0 aromatic carbocycles. The van der Waals surface area contributed by atoms with Gasteiger partial charge in [-0.25, -0.2) is 0 Å². The van der Waals surface area contributed by atoms with Gasteiger partial charge >= 0.3 is 0 Å². The standard InChI is InChI=1S/C14H26N2O/c1-2-11-4-3-5-13(10-11)15-9-8-14(17)16-12-6-7-12/h11-13,15H,2-10H2,1H3,(H,16,17). The molecule has 0 aromatic rings. The molecule has 0 aliphatic heterocycles. The minimum atomic E-state index is 0.225. The molecule has 0 spiro atoms. The van der Waals surface area contributed by atoms with Gasteiger partial charge < -0.3 is 10.6 Å². The molecular weight excluding hydrogens is 212 g/mol. The second-order valence-electron chi connectivity index (χ2n) is 5.68. The fraction of sp³-hybridized carbons (Fsp3) is 0.929. The highest BCUT2D eigenvalue weighted by Gasteiger charge is 2.23. The van der Waals surface area contributed by atoms with E-state index < -0.39 is 0 Å². The topological polar surface area (TPSA) is 41.1 Å². The average molecular weight is 238 g/mol. The van der Waals surface area contributed by atoms with Crippen LogP contribution >= 0.6 is 0 Å². The second-order valence-corrected chi connectivity index (χ2v) is 5.68. The van der Waals surface area contributed by atoms with Gasteiger partial charge in [0.2, 0.25) is 5.91 Å². The lowest BCUT2D eigenvalue weighted by Crippen LogP contribution is -2.37. The van der Waals surface area contributed by atoms with E-state index in [0.29, 0.717) is 18.5 Å². The van der Waals surface area contributed by atoms with Crippen LogP contribution in [0.3, 0.4) is 0 Å². The van der Waals surface area contributed by atoms with Crippen LogP contribution < -0.4 is 10.6 Å². The molecule has 2 N–H and O–H groups in total. The van der Waals surface area contributed by atoms with E-state index in [2.05, 4.69) is 17.6 Å². The summed E-state index contributed by atoms with van der Waals surface area (Å²) in [5, 5.41) is 6.58. The summed E-state index contributed by atoms with van der Waals surface area (Å²) >= 11 is 0. The van der Waals surface area contributed by atoms with Crippen molar-refractivity contribution in [3.63, 3.8) is 0 Å². The molecule has 1 amide bonds. The predicted molar refractivity (Wildman–Crippen MR) is 69.8 cm³/mol. The normalized spacial score (nSPS) is 29.0. The lowest BCUT2D eigenvalue weighted by Gasteiger charge is -2.29. The van der Waals surface area contributed by atoms with E-state index in [-0.39, 0.29) is 5.91 Å². The summed E-state index contributed by atoms with van der Waals surface area (Å²) < 4.78 is 0. The van der Waals surface area contributed by atoms with E-state index in [1.165, 1.54) is 44.9 Å². The fourth-order valence-corrected chi connectivity index (χ4v) is 2.76. The Morgan fingerprint density at radius 1 is 1.18 bits per heavy atom. The van der Waals surface area contributed by atoms with E-state index in [1.807, 2.05) is 0 Å². The molecule has 2 unspecified atom stereocenters. The second kappa shape index (κ2) is 6.39. The zero-order valence-corrected chi connectivity index (χ0v) is 11.0. The molecule has 2 rings (SSSR count). The summed E-state index contributed by atoms with van der Waals surface area (Å²) in [5.74, 6) is 1.13. The molecule has 2 aliphatic carbocycles. The van der Waals surface area contributed by atoms with Crippen LogP contribution in [0.5, 0.6) is 0 Å². The van der Waals surface area contributed by atoms with Gasteiger partial charge in [0, 0.05) is 25.0 Å². The summed E-state index contributed by atoms with van der Waals surface area (Å²) in [4.78, 5) is 11.5. The zero-order valence-electron chi connectivity index (χ0n) is 11.0. The van der Waals surface area contributed by atoms with Gasteiger partial charge in [0.1, 0.15) is 0 Å². The highest BCUT2D eigenvalue weighted by molar-refractivity contribution is 5.76. The summed E-state index contributed by atoms with van der Waals surface area (Å²) in [6.07, 6.45) is 9.66. The Morgan fingerprint density at radius 2 is 2.00 bits per heavy atom. The van der Waals surface area contributed by atoms with Crippen LogP contribution in [0.2, 0.25) is 0 Å². The van der Waals surface area contributed by atoms with Crippen LogP contribution in [0.4, 0.5) is 0 Å². The number of hydrogen-bond donors (Lipinski definition) is 2. The Bertz CT molecular complexity index is 251. The third-order valence-electron chi connectivity index (χ3n) is 4.09. The van der Waals surface area contributed by atoms with E-state index in [0.717, 1.165) is 12.5 Å². The lowest BCUT2D eigenvalue weighted by atomic mass is 9.84. The van der Waals surface area contributed by atoms with Gasteiger partial charge in [-0.15, -0.1) is 0 Å². The minimum absolute atomic E-state index is 0.225. The summed E-state index contributed by atoms with van der Waals surface area (Å²) in [7, 11) is 0. The molecule has 0 aromatic heterocycles. The maximum Gasteiger partial charge on any atom is 0.221 e. The number of rotatable bonds is 6. The van der Waals surface area contributed by atoms with Crippen molar-refractivity contribution in [3.8, 4) is 0 Å². The number of carbonyl (C=O) groups is 1. The van der Waals surface area contributed by atoms with Crippen molar-refractivity contribution >= 4 is 5.91 Å². The van der Waals surface area contributed by atoms with Gasteiger partial charge in [0.25, 0.3) is 0 Å². The molecular formula is C14H26N2O. The average Bonchev–Trinajstić information content (AvgIpc) is 3.13. The number of carbonyl (C=O) groups excluding carboxylic acids is 1. The van der Waals surface area contributed by atoms with Gasteiger partial charge in [-0.2, -0.15) is 0 Å². The van der Waals surface area contributed by atoms with Crippen molar-refractivity contribution in [2.75, 3.05) is 6.54 Å². The van der Waals surface area contributed by atoms with Gasteiger partial charge in [0.05, 0.1) is 0 Å². The maximum absolute atomic E-state index is 11.5. The monoisotopic (exact) mass is 238 g/mol. The molecule has 0 heterocycles. The largest absolute Gasteiger partial charge is 0.353 e. The van der Waals surface area contributed by atoms with Crippen LogP contribution in [0.25, 0.3) is 0 Å². The Morgan fingerprint density at radius 3 is 2.71 bits per heavy atom. The van der Waals surface area contributed by atoms with Crippen molar-refractivity contribution in [1.29, 1.82) is 0 Å². The quantitative estimate of drug-likeness (QED) is 0.745. The van der Waals surface area contributed by atoms with Crippen molar-refractivity contribution in [3.05, 3.63) is 0 Å².